The van der Waals surface area contributed by atoms with Crippen LogP contribution in [-0.4, -0.2) is 12.8 Å². The summed E-state index contributed by atoms with van der Waals surface area (Å²) in [6.45, 7) is 9.42. The maximum absolute atomic E-state index is 5.16. The lowest BCUT2D eigenvalue weighted by Gasteiger charge is -2.05. The van der Waals surface area contributed by atoms with Crippen molar-refractivity contribution in [3.63, 3.8) is 0 Å². The summed E-state index contributed by atoms with van der Waals surface area (Å²) in [7, 11) is 0. The van der Waals surface area contributed by atoms with Crippen LogP contribution in [-0.2, 0) is 4.84 Å². The van der Waals surface area contributed by atoms with Gasteiger partial charge in [0.1, 0.15) is 6.61 Å². The summed E-state index contributed by atoms with van der Waals surface area (Å²) in [5, 5.41) is 3.99. The molecule has 0 fully saturated rings. The molecule has 15 heavy (non-hydrogen) atoms. The lowest BCUT2D eigenvalue weighted by molar-refractivity contribution is 0.118. The first kappa shape index (κ1) is 14.5. The SMILES string of the molecule is CCCCCCC(C)/C=N/OCC(C)C. The normalized spacial score (nSPS) is 13.7. The Morgan fingerprint density at radius 2 is 1.87 bits per heavy atom. The molecule has 1 unspecified atom stereocenters. The van der Waals surface area contributed by atoms with Gasteiger partial charge in [0.05, 0.1) is 0 Å². The summed E-state index contributed by atoms with van der Waals surface area (Å²) >= 11 is 0. The van der Waals surface area contributed by atoms with Gasteiger partial charge in [-0.25, -0.2) is 0 Å². The molecule has 0 bridgehead atoms. The van der Waals surface area contributed by atoms with Crippen LogP contribution in [0.15, 0.2) is 5.16 Å². The minimum absolute atomic E-state index is 0.550. The van der Waals surface area contributed by atoms with Crippen LogP contribution >= 0.6 is 0 Å². The highest BCUT2D eigenvalue weighted by Gasteiger charge is 1.98. The van der Waals surface area contributed by atoms with E-state index in [1.54, 1.807) is 0 Å². The minimum atomic E-state index is 0.550. The molecule has 2 nitrogen and oxygen atoms in total. The largest absolute Gasteiger partial charge is 0.396 e. The predicted octanol–water partition coefficient (Wildman–Crippen LogP) is 4.25. The molecular weight excluding hydrogens is 186 g/mol. The van der Waals surface area contributed by atoms with E-state index in [2.05, 4.69) is 32.9 Å². The summed E-state index contributed by atoms with van der Waals surface area (Å²) in [5.41, 5.74) is 0. The molecule has 0 aliphatic rings. The van der Waals surface area contributed by atoms with E-state index >= 15 is 0 Å². The first-order chi connectivity index (χ1) is 7.16. The summed E-state index contributed by atoms with van der Waals surface area (Å²) in [5.74, 6) is 1.11. The Hall–Kier alpha value is -0.530. The van der Waals surface area contributed by atoms with Gasteiger partial charge in [-0.15, -0.1) is 0 Å². The van der Waals surface area contributed by atoms with Crippen LogP contribution in [0.25, 0.3) is 0 Å². The third kappa shape index (κ3) is 11.4. The summed E-state index contributed by atoms with van der Waals surface area (Å²) < 4.78 is 0. The van der Waals surface area contributed by atoms with E-state index < -0.39 is 0 Å². The van der Waals surface area contributed by atoms with Crippen LogP contribution in [0.5, 0.6) is 0 Å². The summed E-state index contributed by atoms with van der Waals surface area (Å²) in [6, 6.07) is 0. The molecule has 0 amide bonds. The highest BCUT2D eigenvalue weighted by molar-refractivity contribution is 5.59. The average molecular weight is 213 g/mol. The molecule has 1 atom stereocenters. The Labute approximate surface area is 95.1 Å². The highest BCUT2D eigenvalue weighted by Crippen LogP contribution is 2.08. The Morgan fingerprint density at radius 1 is 1.13 bits per heavy atom. The van der Waals surface area contributed by atoms with E-state index in [1.165, 1.54) is 32.1 Å². The minimum Gasteiger partial charge on any atom is -0.396 e. The van der Waals surface area contributed by atoms with E-state index in [0.29, 0.717) is 11.8 Å². The maximum Gasteiger partial charge on any atom is 0.119 e. The number of oxime groups is 1. The van der Waals surface area contributed by atoms with Crippen molar-refractivity contribution in [2.75, 3.05) is 6.61 Å². The molecule has 0 saturated carbocycles. The Morgan fingerprint density at radius 3 is 2.47 bits per heavy atom. The second-order valence-corrected chi connectivity index (χ2v) is 4.77. The van der Waals surface area contributed by atoms with E-state index in [1.807, 2.05) is 6.21 Å². The van der Waals surface area contributed by atoms with Gasteiger partial charge in [0.2, 0.25) is 0 Å². The molecule has 0 rings (SSSR count). The van der Waals surface area contributed by atoms with Gasteiger partial charge in [0.25, 0.3) is 0 Å². The Bertz CT molecular complexity index is 155. The molecule has 0 aliphatic heterocycles. The van der Waals surface area contributed by atoms with E-state index in [0.717, 1.165) is 6.61 Å². The van der Waals surface area contributed by atoms with Crippen molar-refractivity contribution in [1.29, 1.82) is 0 Å². The molecule has 0 aromatic heterocycles. The molecule has 0 aliphatic carbocycles. The highest BCUT2D eigenvalue weighted by atomic mass is 16.6. The van der Waals surface area contributed by atoms with Crippen molar-refractivity contribution in [2.45, 2.75) is 59.8 Å². The number of nitrogens with zero attached hydrogens (tertiary/aromatic N) is 1. The van der Waals surface area contributed by atoms with E-state index in [9.17, 15) is 0 Å². The van der Waals surface area contributed by atoms with E-state index in [4.69, 9.17) is 4.84 Å². The topological polar surface area (TPSA) is 21.6 Å². The molecule has 0 aromatic carbocycles. The molecule has 0 radical (unpaired) electrons. The Balaban J connectivity index is 3.34. The lowest BCUT2D eigenvalue weighted by Crippen LogP contribution is -2.00. The smallest absolute Gasteiger partial charge is 0.119 e. The second-order valence-electron chi connectivity index (χ2n) is 4.77. The molecule has 0 heterocycles. The zero-order valence-corrected chi connectivity index (χ0v) is 10.8. The Kier molecular flexibility index (Phi) is 9.65. The second kappa shape index (κ2) is 10.0. The zero-order chi connectivity index (χ0) is 11.5. The summed E-state index contributed by atoms with van der Waals surface area (Å²) in [6.07, 6.45) is 8.49. The lowest BCUT2D eigenvalue weighted by atomic mass is 10.0. The van der Waals surface area contributed by atoms with Crippen molar-refractivity contribution in [3.05, 3.63) is 0 Å². The van der Waals surface area contributed by atoms with Gasteiger partial charge in [-0.1, -0.05) is 58.5 Å². The first-order valence-electron chi connectivity index (χ1n) is 6.32. The first-order valence-corrected chi connectivity index (χ1v) is 6.32. The fourth-order valence-corrected chi connectivity index (χ4v) is 1.31. The van der Waals surface area contributed by atoms with Crippen LogP contribution in [0.2, 0.25) is 0 Å². The zero-order valence-electron chi connectivity index (χ0n) is 10.8. The molecule has 0 aromatic rings. The molecule has 0 saturated heterocycles. The third-order valence-corrected chi connectivity index (χ3v) is 2.31. The van der Waals surface area contributed by atoms with Gasteiger partial charge in [-0.2, -0.15) is 0 Å². The molecule has 2 heteroatoms. The van der Waals surface area contributed by atoms with Gasteiger partial charge in [0, 0.05) is 6.21 Å². The molecule has 0 spiro atoms. The standard InChI is InChI=1S/C13H27NO/c1-5-6-7-8-9-13(4)10-14-15-11-12(2)3/h10,12-13H,5-9,11H2,1-4H3/b14-10+. The van der Waals surface area contributed by atoms with Gasteiger partial charge >= 0.3 is 0 Å². The number of hydrogen-bond donors (Lipinski definition) is 0. The van der Waals surface area contributed by atoms with Gasteiger partial charge in [-0.3, -0.25) is 0 Å². The maximum atomic E-state index is 5.16. The van der Waals surface area contributed by atoms with Gasteiger partial charge in [0.15, 0.2) is 0 Å². The molecule has 90 valence electrons. The van der Waals surface area contributed by atoms with Gasteiger partial charge in [-0.05, 0) is 18.3 Å². The third-order valence-electron chi connectivity index (χ3n) is 2.31. The average Bonchev–Trinajstić information content (AvgIpc) is 2.19. The van der Waals surface area contributed by atoms with Crippen LogP contribution in [0.3, 0.4) is 0 Å². The van der Waals surface area contributed by atoms with Crippen LogP contribution < -0.4 is 0 Å². The quantitative estimate of drug-likeness (QED) is 0.319. The van der Waals surface area contributed by atoms with Crippen molar-refractivity contribution >= 4 is 6.21 Å². The monoisotopic (exact) mass is 213 g/mol. The van der Waals surface area contributed by atoms with Crippen LogP contribution in [0.4, 0.5) is 0 Å². The molecular formula is C13H27NO. The van der Waals surface area contributed by atoms with Gasteiger partial charge < -0.3 is 4.84 Å². The number of rotatable bonds is 9. The van der Waals surface area contributed by atoms with Crippen LogP contribution in [0, 0.1) is 11.8 Å². The van der Waals surface area contributed by atoms with Crippen molar-refractivity contribution in [2.24, 2.45) is 17.0 Å². The van der Waals surface area contributed by atoms with Crippen LogP contribution in [0.1, 0.15) is 59.8 Å². The van der Waals surface area contributed by atoms with Crippen molar-refractivity contribution in [3.8, 4) is 0 Å². The number of hydrogen-bond acceptors (Lipinski definition) is 2. The van der Waals surface area contributed by atoms with Crippen molar-refractivity contribution < 1.29 is 4.84 Å². The predicted molar refractivity (Wildman–Crippen MR) is 67.2 cm³/mol. The number of unbranched alkanes of at least 4 members (excludes halogenated alkanes) is 3. The summed E-state index contributed by atoms with van der Waals surface area (Å²) in [4.78, 5) is 5.16. The fourth-order valence-electron chi connectivity index (χ4n) is 1.31. The molecule has 0 N–H and O–H groups in total. The van der Waals surface area contributed by atoms with Crippen molar-refractivity contribution in [1.82, 2.24) is 0 Å². The van der Waals surface area contributed by atoms with E-state index in [-0.39, 0.29) is 0 Å². The fraction of sp³-hybridized carbons (Fsp3) is 0.923.